The average Bonchev–Trinajstić information content (AvgIpc) is 2.60. The molecular formula is C19H21O5P. The van der Waals surface area contributed by atoms with E-state index in [1.54, 1.807) is 26.2 Å². The van der Waals surface area contributed by atoms with Gasteiger partial charge in [-0.25, -0.2) is 0 Å². The molecule has 3 aromatic carbocycles. The lowest BCUT2D eigenvalue weighted by atomic mass is 10.0. The fourth-order valence-corrected chi connectivity index (χ4v) is 4.19. The SMILES string of the molecule is CCOP(=O)(O)c1cccc2cc3ccccc3c(OCCOC)c12. The van der Waals surface area contributed by atoms with Crippen molar-refractivity contribution in [2.24, 2.45) is 0 Å². The van der Waals surface area contributed by atoms with Gasteiger partial charge in [-0.05, 0) is 29.8 Å². The number of ether oxygens (including phenoxy) is 2. The number of fused-ring (bicyclic) bond motifs is 2. The van der Waals surface area contributed by atoms with Gasteiger partial charge >= 0.3 is 7.60 Å². The average molecular weight is 360 g/mol. The predicted octanol–water partition coefficient (Wildman–Crippen LogP) is 3.87. The lowest BCUT2D eigenvalue weighted by molar-refractivity contribution is 0.148. The van der Waals surface area contributed by atoms with E-state index < -0.39 is 7.60 Å². The normalized spacial score (nSPS) is 13.9. The first-order valence-corrected chi connectivity index (χ1v) is 9.70. The lowest BCUT2D eigenvalue weighted by Gasteiger charge is -2.18. The van der Waals surface area contributed by atoms with E-state index in [9.17, 15) is 9.46 Å². The minimum absolute atomic E-state index is 0.150. The summed E-state index contributed by atoms with van der Waals surface area (Å²) in [6.07, 6.45) is 0. The van der Waals surface area contributed by atoms with Crippen LogP contribution < -0.4 is 10.0 Å². The monoisotopic (exact) mass is 360 g/mol. The summed E-state index contributed by atoms with van der Waals surface area (Å²) in [5.74, 6) is 0.578. The van der Waals surface area contributed by atoms with Crippen LogP contribution in [0.15, 0.2) is 48.5 Å². The van der Waals surface area contributed by atoms with E-state index in [4.69, 9.17) is 14.0 Å². The van der Waals surface area contributed by atoms with Crippen molar-refractivity contribution in [3.05, 3.63) is 48.5 Å². The molecule has 3 aromatic rings. The summed E-state index contributed by atoms with van der Waals surface area (Å²) < 4.78 is 28.9. The highest BCUT2D eigenvalue weighted by molar-refractivity contribution is 7.61. The van der Waals surface area contributed by atoms with Crippen LogP contribution in [-0.2, 0) is 13.8 Å². The Morgan fingerprint density at radius 1 is 1.04 bits per heavy atom. The van der Waals surface area contributed by atoms with Crippen LogP contribution in [0.2, 0.25) is 0 Å². The molecule has 0 bridgehead atoms. The molecule has 0 radical (unpaired) electrons. The Hall–Kier alpha value is -1.91. The van der Waals surface area contributed by atoms with Crippen molar-refractivity contribution in [1.82, 2.24) is 0 Å². The first-order chi connectivity index (χ1) is 12.1. The molecule has 0 aliphatic heterocycles. The number of rotatable bonds is 7. The summed E-state index contributed by atoms with van der Waals surface area (Å²) in [5, 5.41) is 3.58. The second-order valence-corrected chi connectivity index (χ2v) is 7.36. The molecule has 5 nitrogen and oxygen atoms in total. The Balaban J connectivity index is 2.32. The van der Waals surface area contributed by atoms with Crippen molar-refractivity contribution in [1.29, 1.82) is 0 Å². The quantitative estimate of drug-likeness (QED) is 0.394. The van der Waals surface area contributed by atoms with Gasteiger partial charge in [-0.3, -0.25) is 4.57 Å². The van der Waals surface area contributed by atoms with Crippen molar-refractivity contribution in [3.63, 3.8) is 0 Å². The first-order valence-electron chi connectivity index (χ1n) is 8.12. The summed E-state index contributed by atoms with van der Waals surface area (Å²) in [7, 11) is -2.34. The highest BCUT2D eigenvalue weighted by Crippen LogP contribution is 2.46. The zero-order valence-electron chi connectivity index (χ0n) is 14.3. The predicted molar refractivity (Wildman–Crippen MR) is 99.9 cm³/mol. The number of methoxy groups -OCH3 is 1. The molecule has 0 fully saturated rings. The molecule has 1 N–H and O–H groups in total. The van der Waals surface area contributed by atoms with Gasteiger partial charge in [0.05, 0.1) is 18.5 Å². The van der Waals surface area contributed by atoms with Gasteiger partial charge in [0.1, 0.15) is 12.4 Å². The van der Waals surface area contributed by atoms with E-state index in [1.165, 1.54) is 0 Å². The van der Waals surface area contributed by atoms with Crippen LogP contribution in [0, 0.1) is 0 Å². The van der Waals surface area contributed by atoms with Crippen LogP contribution in [0.3, 0.4) is 0 Å². The van der Waals surface area contributed by atoms with Crippen LogP contribution in [0.5, 0.6) is 5.75 Å². The zero-order valence-corrected chi connectivity index (χ0v) is 15.2. The molecule has 0 aliphatic rings. The molecule has 0 aromatic heterocycles. The maximum atomic E-state index is 12.7. The molecule has 0 aliphatic carbocycles. The lowest BCUT2D eigenvalue weighted by Crippen LogP contribution is -2.12. The van der Waals surface area contributed by atoms with Crippen LogP contribution >= 0.6 is 7.60 Å². The third kappa shape index (κ3) is 3.55. The molecule has 1 unspecified atom stereocenters. The van der Waals surface area contributed by atoms with Gasteiger partial charge in [-0.2, -0.15) is 0 Å². The number of hydrogen-bond donors (Lipinski definition) is 1. The summed E-state index contributed by atoms with van der Waals surface area (Å²) >= 11 is 0. The van der Waals surface area contributed by atoms with Crippen molar-refractivity contribution >= 4 is 34.4 Å². The van der Waals surface area contributed by atoms with Gasteiger partial charge < -0.3 is 18.9 Å². The van der Waals surface area contributed by atoms with Crippen molar-refractivity contribution in [2.45, 2.75) is 6.92 Å². The molecule has 0 saturated heterocycles. The van der Waals surface area contributed by atoms with Crippen LogP contribution in [0.4, 0.5) is 0 Å². The molecule has 0 amide bonds. The summed E-state index contributed by atoms with van der Waals surface area (Å²) in [4.78, 5) is 10.4. The van der Waals surface area contributed by atoms with E-state index in [1.807, 2.05) is 36.4 Å². The summed E-state index contributed by atoms with van der Waals surface area (Å²) in [6, 6.07) is 15.1. The minimum atomic E-state index is -3.95. The Bertz CT molecular complexity index is 938. The van der Waals surface area contributed by atoms with Gasteiger partial charge in [-0.1, -0.05) is 36.4 Å². The van der Waals surface area contributed by atoms with E-state index in [-0.39, 0.29) is 11.9 Å². The fraction of sp³-hybridized carbons (Fsp3) is 0.263. The molecule has 0 spiro atoms. The standard InChI is InChI=1S/C19H21O5P/c1-3-24-25(20,21)17-10-6-8-15-13-14-7-4-5-9-16(14)19(18(15)17)23-12-11-22-2/h4-10,13H,3,11-12H2,1-2H3,(H,20,21). The second kappa shape index (κ2) is 7.54. The van der Waals surface area contributed by atoms with E-state index in [0.717, 1.165) is 16.2 Å². The minimum Gasteiger partial charge on any atom is -0.490 e. The molecule has 6 heteroatoms. The number of benzene rings is 3. The van der Waals surface area contributed by atoms with Gasteiger partial charge in [0, 0.05) is 17.9 Å². The van der Waals surface area contributed by atoms with E-state index in [0.29, 0.717) is 24.3 Å². The summed E-state index contributed by atoms with van der Waals surface area (Å²) in [6.45, 7) is 2.62. The van der Waals surface area contributed by atoms with Gasteiger partial charge in [0.2, 0.25) is 0 Å². The topological polar surface area (TPSA) is 65.0 Å². The van der Waals surface area contributed by atoms with Crippen molar-refractivity contribution in [3.8, 4) is 5.75 Å². The number of hydrogen-bond acceptors (Lipinski definition) is 4. The Morgan fingerprint density at radius 2 is 1.80 bits per heavy atom. The van der Waals surface area contributed by atoms with Crippen LogP contribution in [-0.4, -0.2) is 31.8 Å². The molecular weight excluding hydrogens is 339 g/mol. The maximum absolute atomic E-state index is 12.7. The van der Waals surface area contributed by atoms with Crippen LogP contribution in [0.25, 0.3) is 21.5 Å². The molecule has 3 rings (SSSR count). The van der Waals surface area contributed by atoms with Crippen molar-refractivity contribution in [2.75, 3.05) is 26.9 Å². The van der Waals surface area contributed by atoms with Crippen LogP contribution in [0.1, 0.15) is 6.92 Å². The van der Waals surface area contributed by atoms with E-state index >= 15 is 0 Å². The Kier molecular flexibility index (Phi) is 5.40. The van der Waals surface area contributed by atoms with Gasteiger partial charge in [-0.15, -0.1) is 0 Å². The zero-order chi connectivity index (χ0) is 17.9. The highest BCUT2D eigenvalue weighted by Gasteiger charge is 2.27. The maximum Gasteiger partial charge on any atom is 0.359 e. The molecule has 25 heavy (non-hydrogen) atoms. The molecule has 132 valence electrons. The second-order valence-electron chi connectivity index (χ2n) is 5.58. The third-order valence-corrected chi connectivity index (χ3v) is 5.55. The van der Waals surface area contributed by atoms with E-state index in [2.05, 4.69) is 0 Å². The highest BCUT2D eigenvalue weighted by atomic mass is 31.2. The summed E-state index contributed by atoms with van der Waals surface area (Å²) in [5.41, 5.74) is 0. The third-order valence-electron chi connectivity index (χ3n) is 3.96. The van der Waals surface area contributed by atoms with Gasteiger partial charge in [0.25, 0.3) is 0 Å². The molecule has 0 saturated carbocycles. The Labute approximate surface area is 146 Å². The van der Waals surface area contributed by atoms with Crippen molar-refractivity contribution < 1.29 is 23.5 Å². The first kappa shape index (κ1) is 17.9. The smallest absolute Gasteiger partial charge is 0.359 e. The molecule has 0 heterocycles. The fourth-order valence-electron chi connectivity index (χ4n) is 2.91. The van der Waals surface area contributed by atoms with Gasteiger partial charge in [0.15, 0.2) is 0 Å². The molecule has 1 atom stereocenters. The Morgan fingerprint density at radius 3 is 2.56 bits per heavy atom. The largest absolute Gasteiger partial charge is 0.490 e.